The number of hydrogen-bond donors (Lipinski definition) is 2. The number of nitrogens with one attached hydrogen (secondary N) is 2. The quantitative estimate of drug-likeness (QED) is 0.632. The van der Waals surface area contributed by atoms with Crippen LogP contribution in [0.5, 0.6) is 0 Å². The van der Waals surface area contributed by atoms with Gasteiger partial charge in [0.2, 0.25) is 5.91 Å². The van der Waals surface area contributed by atoms with Gasteiger partial charge >= 0.3 is 0 Å². The maximum absolute atomic E-state index is 12.6. The van der Waals surface area contributed by atoms with Crippen molar-refractivity contribution in [1.29, 1.82) is 0 Å². The average molecular weight is 468 g/mol. The van der Waals surface area contributed by atoms with E-state index in [0.29, 0.717) is 25.1 Å². The number of rotatable bonds is 7. The topological polar surface area (TPSA) is 129 Å². The van der Waals surface area contributed by atoms with Crippen LogP contribution in [-0.4, -0.2) is 63.5 Å². The van der Waals surface area contributed by atoms with Crippen LogP contribution in [0.3, 0.4) is 0 Å². The second-order valence-corrected chi connectivity index (χ2v) is 11.1. The van der Waals surface area contributed by atoms with E-state index >= 15 is 0 Å². The SMILES string of the molecule is CN(C)S(=O)(=O)N1CCCC(C(=O)Nc2ccc(S(=O)(=O)Nc3ccccn3)cc2)C1. The van der Waals surface area contributed by atoms with Gasteiger partial charge in [0.05, 0.1) is 10.8 Å². The van der Waals surface area contributed by atoms with E-state index in [-0.39, 0.29) is 23.2 Å². The molecule has 0 spiro atoms. The van der Waals surface area contributed by atoms with Crippen molar-refractivity contribution < 1.29 is 21.6 Å². The first-order valence-corrected chi connectivity index (χ1v) is 12.5. The lowest BCUT2D eigenvalue weighted by Crippen LogP contribution is -2.47. The molecule has 1 aromatic carbocycles. The molecule has 2 N–H and O–H groups in total. The zero-order valence-electron chi connectivity index (χ0n) is 17.2. The fourth-order valence-corrected chi connectivity index (χ4v) is 5.38. The Morgan fingerprint density at radius 2 is 1.81 bits per heavy atom. The highest BCUT2D eigenvalue weighted by Gasteiger charge is 2.33. The van der Waals surface area contributed by atoms with Crippen LogP contribution in [0, 0.1) is 5.92 Å². The van der Waals surface area contributed by atoms with E-state index in [1.807, 2.05) is 0 Å². The molecule has 1 aliphatic heterocycles. The van der Waals surface area contributed by atoms with Gasteiger partial charge in [-0.05, 0) is 49.2 Å². The molecule has 1 aromatic heterocycles. The molecule has 2 heterocycles. The Morgan fingerprint density at radius 1 is 1.10 bits per heavy atom. The fourth-order valence-electron chi connectivity index (χ4n) is 3.18. The lowest BCUT2D eigenvalue weighted by atomic mass is 9.99. The summed E-state index contributed by atoms with van der Waals surface area (Å²) in [6.07, 6.45) is 2.64. The highest BCUT2D eigenvalue weighted by molar-refractivity contribution is 7.92. The molecule has 31 heavy (non-hydrogen) atoms. The van der Waals surface area contributed by atoms with Gasteiger partial charge in [-0.25, -0.2) is 13.4 Å². The molecule has 1 amide bonds. The zero-order chi connectivity index (χ0) is 22.6. The highest BCUT2D eigenvalue weighted by atomic mass is 32.2. The zero-order valence-corrected chi connectivity index (χ0v) is 18.9. The largest absolute Gasteiger partial charge is 0.326 e. The molecule has 1 unspecified atom stereocenters. The molecule has 12 heteroatoms. The summed E-state index contributed by atoms with van der Waals surface area (Å²) in [6, 6.07) is 10.6. The predicted molar refractivity (Wildman–Crippen MR) is 117 cm³/mol. The lowest BCUT2D eigenvalue weighted by molar-refractivity contribution is -0.120. The molecule has 0 aliphatic carbocycles. The Balaban J connectivity index is 1.65. The molecule has 1 saturated heterocycles. The van der Waals surface area contributed by atoms with E-state index in [1.165, 1.54) is 54.9 Å². The van der Waals surface area contributed by atoms with Crippen LogP contribution < -0.4 is 10.0 Å². The van der Waals surface area contributed by atoms with Gasteiger partial charge in [-0.3, -0.25) is 9.52 Å². The third kappa shape index (κ3) is 5.58. The molecule has 0 saturated carbocycles. The van der Waals surface area contributed by atoms with Crippen molar-refractivity contribution in [2.24, 2.45) is 5.92 Å². The lowest BCUT2D eigenvalue weighted by Gasteiger charge is -2.32. The summed E-state index contributed by atoms with van der Waals surface area (Å²) >= 11 is 0. The molecule has 1 atom stereocenters. The molecular weight excluding hydrogens is 442 g/mol. The molecular formula is C19H25N5O5S2. The summed E-state index contributed by atoms with van der Waals surface area (Å²) in [5, 5.41) is 2.74. The van der Waals surface area contributed by atoms with Gasteiger partial charge in [-0.1, -0.05) is 6.07 Å². The van der Waals surface area contributed by atoms with E-state index in [9.17, 15) is 21.6 Å². The highest BCUT2D eigenvalue weighted by Crippen LogP contribution is 2.23. The van der Waals surface area contributed by atoms with Crippen molar-refractivity contribution in [2.45, 2.75) is 17.7 Å². The molecule has 168 valence electrons. The number of benzene rings is 1. The van der Waals surface area contributed by atoms with Crippen LogP contribution in [0.4, 0.5) is 11.5 Å². The van der Waals surface area contributed by atoms with Gasteiger partial charge in [0.1, 0.15) is 5.82 Å². The van der Waals surface area contributed by atoms with E-state index in [4.69, 9.17) is 0 Å². The van der Waals surface area contributed by atoms with Crippen LogP contribution in [0.1, 0.15) is 12.8 Å². The third-order valence-corrected chi connectivity index (χ3v) is 8.16. The number of nitrogens with zero attached hydrogens (tertiary/aromatic N) is 3. The number of hydrogen-bond acceptors (Lipinski definition) is 6. The van der Waals surface area contributed by atoms with Crippen molar-refractivity contribution in [3.8, 4) is 0 Å². The van der Waals surface area contributed by atoms with Crippen LogP contribution in [0.2, 0.25) is 0 Å². The first-order chi connectivity index (χ1) is 14.6. The molecule has 0 radical (unpaired) electrons. The van der Waals surface area contributed by atoms with E-state index in [0.717, 1.165) is 4.31 Å². The van der Waals surface area contributed by atoms with Crippen LogP contribution >= 0.6 is 0 Å². The van der Waals surface area contributed by atoms with Gasteiger partial charge in [-0.15, -0.1) is 0 Å². The maximum atomic E-state index is 12.6. The Hall–Kier alpha value is -2.54. The van der Waals surface area contributed by atoms with Gasteiger partial charge < -0.3 is 5.32 Å². The first-order valence-electron chi connectivity index (χ1n) is 9.62. The predicted octanol–water partition coefficient (Wildman–Crippen LogP) is 1.34. The number of amides is 1. The summed E-state index contributed by atoms with van der Waals surface area (Å²) in [4.78, 5) is 16.6. The van der Waals surface area contributed by atoms with Crippen LogP contribution in [0.25, 0.3) is 0 Å². The molecule has 10 nitrogen and oxygen atoms in total. The average Bonchev–Trinajstić information content (AvgIpc) is 2.74. The Kier molecular flexibility index (Phi) is 6.94. The number of carbonyl (C=O) groups is 1. The summed E-state index contributed by atoms with van der Waals surface area (Å²) in [5.74, 6) is -0.590. The minimum absolute atomic E-state index is 0.0251. The number of aromatic nitrogens is 1. The molecule has 3 rings (SSSR count). The summed E-state index contributed by atoms with van der Waals surface area (Å²) in [6.45, 7) is 0.479. The smallest absolute Gasteiger partial charge is 0.281 e. The second kappa shape index (κ2) is 9.30. The van der Waals surface area contributed by atoms with Crippen LogP contribution in [0.15, 0.2) is 53.6 Å². The van der Waals surface area contributed by atoms with Gasteiger partial charge in [0.25, 0.3) is 20.2 Å². The third-order valence-electron chi connectivity index (χ3n) is 4.88. The Morgan fingerprint density at radius 3 is 2.42 bits per heavy atom. The summed E-state index contributed by atoms with van der Waals surface area (Å²) in [7, 11) is -4.48. The van der Waals surface area contributed by atoms with E-state index in [1.54, 1.807) is 12.1 Å². The molecule has 1 fully saturated rings. The van der Waals surface area contributed by atoms with E-state index < -0.39 is 26.2 Å². The Labute approximate surface area is 182 Å². The maximum Gasteiger partial charge on any atom is 0.281 e. The number of piperidine rings is 1. The van der Waals surface area contributed by atoms with Crippen molar-refractivity contribution in [2.75, 3.05) is 37.2 Å². The van der Waals surface area contributed by atoms with Gasteiger partial charge in [-0.2, -0.15) is 17.0 Å². The minimum Gasteiger partial charge on any atom is -0.326 e. The van der Waals surface area contributed by atoms with Crippen molar-refractivity contribution in [3.63, 3.8) is 0 Å². The normalized spacial score (nSPS) is 18.0. The number of anilines is 2. The second-order valence-electron chi connectivity index (χ2n) is 7.32. The molecule has 2 aromatic rings. The fraction of sp³-hybridized carbons (Fsp3) is 0.368. The van der Waals surface area contributed by atoms with Crippen molar-refractivity contribution >= 4 is 37.6 Å². The number of sulfonamides is 1. The molecule has 1 aliphatic rings. The summed E-state index contributed by atoms with van der Waals surface area (Å²) < 4.78 is 54.4. The van der Waals surface area contributed by atoms with Gasteiger partial charge in [0, 0.05) is 39.1 Å². The first kappa shape index (κ1) is 23.1. The van der Waals surface area contributed by atoms with Gasteiger partial charge in [0.15, 0.2) is 0 Å². The Bertz CT molecular complexity index is 1120. The molecule has 0 bridgehead atoms. The van der Waals surface area contributed by atoms with Crippen molar-refractivity contribution in [3.05, 3.63) is 48.7 Å². The van der Waals surface area contributed by atoms with Crippen molar-refractivity contribution in [1.82, 2.24) is 13.6 Å². The van der Waals surface area contributed by atoms with Crippen LogP contribution in [-0.2, 0) is 25.0 Å². The monoisotopic (exact) mass is 467 g/mol. The standard InChI is InChI=1S/C19H25N5O5S2/c1-23(2)31(28,29)24-13-5-6-15(14-24)19(25)21-16-8-10-17(11-9-16)30(26,27)22-18-7-3-4-12-20-18/h3-4,7-12,15H,5-6,13-14H2,1-2H3,(H,20,22)(H,21,25). The number of carbonyl (C=O) groups excluding carboxylic acids is 1. The number of pyridine rings is 1. The minimum atomic E-state index is -3.81. The summed E-state index contributed by atoms with van der Waals surface area (Å²) in [5.41, 5.74) is 0.425. The van der Waals surface area contributed by atoms with E-state index in [2.05, 4.69) is 15.0 Å².